The number of hydrogen-bond donors (Lipinski definition) is 0. The van der Waals surface area contributed by atoms with E-state index in [0.29, 0.717) is 0 Å². The van der Waals surface area contributed by atoms with Crippen LogP contribution in [0, 0.1) is 0 Å². The smallest absolute Gasteiger partial charge is 0.328 e. The molecule has 0 saturated heterocycles. The summed E-state index contributed by atoms with van der Waals surface area (Å²) in [5.41, 5.74) is 17.8. The predicted octanol–water partition coefficient (Wildman–Crippen LogP) is 10.2. The minimum absolute atomic E-state index is 0.0179. The molecule has 242 valence electrons. The molecule has 1 aliphatic carbocycles. The summed E-state index contributed by atoms with van der Waals surface area (Å²) in [7, 11) is 0. The minimum Gasteiger partial charge on any atom is -0.376 e. The molecule has 0 radical (unpaired) electrons. The Hall–Kier alpha value is -4.04. The van der Waals surface area contributed by atoms with E-state index in [2.05, 4.69) is 184 Å². The second-order valence-electron chi connectivity index (χ2n) is 18.0. The van der Waals surface area contributed by atoms with Crippen molar-refractivity contribution in [3.05, 3.63) is 153 Å². The van der Waals surface area contributed by atoms with Gasteiger partial charge in [0.2, 0.25) is 0 Å². The average Bonchev–Trinajstić information content (AvgIpc) is 3.04. The molecule has 5 aromatic rings. The molecule has 0 saturated carbocycles. The molecule has 3 aliphatic rings. The predicted molar refractivity (Wildman–Crippen MR) is 207 cm³/mol. The molecule has 0 N–H and O–H groups in total. The largest absolute Gasteiger partial charge is 0.376 e. The fourth-order valence-corrected chi connectivity index (χ4v) is 9.54. The summed E-state index contributed by atoms with van der Waals surface area (Å²) in [6.07, 6.45) is 0. The van der Waals surface area contributed by atoms with Crippen molar-refractivity contribution in [2.75, 3.05) is 4.81 Å². The summed E-state index contributed by atoms with van der Waals surface area (Å²) in [5, 5.41) is 0. The molecule has 0 fully saturated rings. The SMILES string of the molecule is CC(C)(C)c1ccc2c(c1)N(B1c3ccccc3C3(C)c4ccccc4C(C)(C)c4cccc1c43)c1cc(C(C)(C)C)ccc1C2(C)C. The summed E-state index contributed by atoms with van der Waals surface area (Å²) in [4.78, 5) is 2.75. The van der Waals surface area contributed by atoms with Crippen molar-refractivity contribution >= 4 is 29.1 Å². The van der Waals surface area contributed by atoms with Crippen molar-refractivity contribution < 1.29 is 0 Å². The standard InChI is InChI=1S/C46H50BN/c1-42(2,3)29-23-25-34-39(27-29)48(40-28-30(43(4,5)6)24-26-35(40)45(34,9)10)47-37-21-15-14-19-33(37)46(11)32-18-13-12-17-31(32)44(7,8)36-20-16-22-38(47)41(36)46/h12-28H,1-11H3. The molecule has 5 aromatic carbocycles. The van der Waals surface area contributed by atoms with Gasteiger partial charge in [0, 0.05) is 27.6 Å². The maximum Gasteiger partial charge on any atom is 0.328 e. The number of rotatable bonds is 1. The van der Waals surface area contributed by atoms with Gasteiger partial charge in [-0.15, -0.1) is 0 Å². The van der Waals surface area contributed by atoms with Crippen molar-refractivity contribution in [1.82, 2.24) is 0 Å². The van der Waals surface area contributed by atoms with Crippen molar-refractivity contribution in [1.29, 1.82) is 0 Å². The summed E-state index contributed by atoms with van der Waals surface area (Å²) in [6, 6.07) is 40.4. The third-order valence-electron chi connectivity index (χ3n) is 12.3. The van der Waals surface area contributed by atoms with Crippen LogP contribution in [-0.4, -0.2) is 6.85 Å². The van der Waals surface area contributed by atoms with E-state index in [9.17, 15) is 0 Å². The minimum atomic E-state index is -0.258. The first kappa shape index (κ1) is 31.2. The summed E-state index contributed by atoms with van der Waals surface area (Å²) in [6.45, 7) is 26.3. The Morgan fingerprint density at radius 1 is 0.458 bits per heavy atom. The molecule has 2 heteroatoms. The lowest BCUT2D eigenvalue weighted by molar-refractivity contribution is 0.544. The molecule has 0 aromatic heterocycles. The van der Waals surface area contributed by atoms with E-state index >= 15 is 0 Å². The normalized spacial score (nSPS) is 19.9. The summed E-state index contributed by atoms with van der Waals surface area (Å²) in [5.74, 6) is 0. The molecule has 1 atom stereocenters. The highest BCUT2D eigenvalue weighted by Crippen LogP contribution is 2.55. The monoisotopic (exact) mass is 627 g/mol. The quantitative estimate of drug-likeness (QED) is 0.167. The van der Waals surface area contributed by atoms with Crippen molar-refractivity contribution in [2.45, 2.75) is 103 Å². The molecular weight excluding hydrogens is 577 g/mol. The third-order valence-corrected chi connectivity index (χ3v) is 12.3. The van der Waals surface area contributed by atoms with Crippen LogP contribution in [0.25, 0.3) is 0 Å². The van der Waals surface area contributed by atoms with Crippen LogP contribution in [0.5, 0.6) is 0 Å². The number of benzene rings is 5. The van der Waals surface area contributed by atoms with Crippen LogP contribution in [-0.2, 0) is 27.1 Å². The topological polar surface area (TPSA) is 3.24 Å². The van der Waals surface area contributed by atoms with Crippen LogP contribution in [0.3, 0.4) is 0 Å². The first-order valence-corrected chi connectivity index (χ1v) is 17.9. The Kier molecular flexibility index (Phi) is 6.37. The molecule has 48 heavy (non-hydrogen) atoms. The highest BCUT2D eigenvalue weighted by Gasteiger charge is 2.54. The van der Waals surface area contributed by atoms with Gasteiger partial charge in [0.25, 0.3) is 0 Å². The lowest BCUT2D eigenvalue weighted by Gasteiger charge is -2.53. The lowest BCUT2D eigenvalue weighted by Crippen LogP contribution is -2.65. The van der Waals surface area contributed by atoms with Gasteiger partial charge in [-0.05, 0) is 90.9 Å². The van der Waals surface area contributed by atoms with E-state index in [1.165, 1.54) is 72.4 Å². The van der Waals surface area contributed by atoms with Crippen molar-refractivity contribution in [3.63, 3.8) is 0 Å². The van der Waals surface area contributed by atoms with Gasteiger partial charge in [0.1, 0.15) is 0 Å². The van der Waals surface area contributed by atoms with E-state index in [4.69, 9.17) is 0 Å². The van der Waals surface area contributed by atoms with Crippen LogP contribution >= 0.6 is 0 Å². The van der Waals surface area contributed by atoms with Crippen molar-refractivity contribution in [2.24, 2.45) is 0 Å². The average molecular weight is 628 g/mol. The van der Waals surface area contributed by atoms with E-state index in [0.717, 1.165) is 0 Å². The van der Waals surface area contributed by atoms with Gasteiger partial charge >= 0.3 is 6.85 Å². The molecule has 2 heterocycles. The molecule has 1 nitrogen and oxygen atoms in total. The zero-order chi connectivity index (χ0) is 34.2. The fourth-order valence-electron chi connectivity index (χ4n) is 9.54. The summed E-state index contributed by atoms with van der Waals surface area (Å²) >= 11 is 0. The van der Waals surface area contributed by atoms with Gasteiger partial charge in [-0.1, -0.05) is 160 Å². The van der Waals surface area contributed by atoms with Gasteiger partial charge in [0.05, 0.1) is 0 Å². The van der Waals surface area contributed by atoms with Gasteiger partial charge in [-0.2, -0.15) is 0 Å². The fraction of sp³-hybridized carbons (Fsp3) is 0.348. The van der Waals surface area contributed by atoms with Gasteiger partial charge in [-0.3, -0.25) is 0 Å². The number of fused-ring (bicyclic) bond motifs is 6. The Bertz CT molecular complexity index is 2070. The second kappa shape index (κ2) is 9.78. The Balaban J connectivity index is 1.52. The second-order valence-corrected chi connectivity index (χ2v) is 18.0. The van der Waals surface area contributed by atoms with Crippen LogP contribution in [0.2, 0.25) is 0 Å². The number of hydrogen-bond acceptors (Lipinski definition) is 1. The van der Waals surface area contributed by atoms with Crippen LogP contribution in [0.15, 0.2) is 103 Å². The third kappa shape index (κ3) is 4.04. The molecule has 0 amide bonds. The summed E-state index contributed by atoms with van der Waals surface area (Å²) < 4.78 is 0. The van der Waals surface area contributed by atoms with Crippen LogP contribution < -0.4 is 15.7 Å². The van der Waals surface area contributed by atoms with Crippen LogP contribution in [0.4, 0.5) is 11.4 Å². The van der Waals surface area contributed by atoms with E-state index in [1.807, 2.05) is 0 Å². The van der Waals surface area contributed by atoms with Gasteiger partial charge in [-0.25, -0.2) is 0 Å². The molecule has 1 unspecified atom stereocenters. The maximum atomic E-state index is 2.75. The number of nitrogens with zero attached hydrogens (tertiary/aromatic N) is 1. The lowest BCUT2D eigenvalue weighted by atomic mass is 9.37. The van der Waals surface area contributed by atoms with Crippen LogP contribution in [0.1, 0.15) is 126 Å². The Labute approximate surface area is 289 Å². The Morgan fingerprint density at radius 2 is 0.917 bits per heavy atom. The zero-order valence-electron chi connectivity index (χ0n) is 30.8. The molecule has 2 aliphatic heterocycles. The highest BCUT2D eigenvalue weighted by atomic mass is 15.1. The van der Waals surface area contributed by atoms with Gasteiger partial charge in [0.15, 0.2) is 0 Å². The molecule has 8 rings (SSSR count). The highest BCUT2D eigenvalue weighted by molar-refractivity contribution is 6.90. The maximum absolute atomic E-state index is 2.75. The van der Waals surface area contributed by atoms with Crippen molar-refractivity contribution in [3.8, 4) is 0 Å². The van der Waals surface area contributed by atoms with E-state index in [1.54, 1.807) is 0 Å². The van der Waals surface area contributed by atoms with Gasteiger partial charge < -0.3 is 4.81 Å². The van der Waals surface area contributed by atoms with E-state index in [-0.39, 0.29) is 33.9 Å². The molecular formula is C46H50BN. The molecule has 0 spiro atoms. The first-order valence-electron chi connectivity index (χ1n) is 17.9. The molecule has 0 bridgehead atoms. The first-order chi connectivity index (χ1) is 22.5. The Morgan fingerprint density at radius 3 is 1.48 bits per heavy atom. The zero-order valence-corrected chi connectivity index (χ0v) is 30.8. The van der Waals surface area contributed by atoms with E-state index < -0.39 is 0 Å². The number of anilines is 2.